The number of nitrogens with zero attached hydrogens (tertiary/aromatic N) is 6. The third-order valence-electron chi connectivity index (χ3n) is 6.47. The highest BCUT2D eigenvalue weighted by Crippen LogP contribution is 2.34. The van der Waals surface area contributed by atoms with Crippen LogP contribution >= 0.6 is 0 Å². The molecular weight excluding hydrogens is 498 g/mol. The summed E-state index contributed by atoms with van der Waals surface area (Å²) < 4.78 is 38.6. The minimum Gasteiger partial charge on any atom is -0.454 e. The summed E-state index contributed by atoms with van der Waals surface area (Å²) >= 11 is 0. The summed E-state index contributed by atoms with van der Waals surface area (Å²) in [4.78, 5) is 28.4. The molecule has 2 aromatic heterocycles. The predicted octanol–water partition coefficient (Wildman–Crippen LogP) is 1.42. The number of ether oxygens (including phenoxy) is 2. The van der Waals surface area contributed by atoms with E-state index in [1.165, 1.54) is 10.6 Å². The molecule has 13 heteroatoms. The van der Waals surface area contributed by atoms with Gasteiger partial charge in [0.1, 0.15) is 12.1 Å². The van der Waals surface area contributed by atoms with E-state index in [0.29, 0.717) is 36.4 Å². The number of benzene rings is 1. The van der Waals surface area contributed by atoms with Crippen molar-refractivity contribution < 1.29 is 22.7 Å². The van der Waals surface area contributed by atoms with Crippen molar-refractivity contribution in [3.63, 3.8) is 0 Å². The number of aromatic nitrogens is 4. The van der Waals surface area contributed by atoms with E-state index >= 15 is 0 Å². The fourth-order valence-corrected chi connectivity index (χ4v) is 5.42. The number of anilines is 1. The number of hydrogen-bond acceptors (Lipinski definition) is 9. The first-order valence-electron chi connectivity index (χ1n) is 11.9. The molecule has 3 aromatic rings. The lowest BCUT2D eigenvalue weighted by molar-refractivity contribution is -0.122. The molecule has 1 saturated heterocycles. The molecule has 0 aliphatic carbocycles. The summed E-state index contributed by atoms with van der Waals surface area (Å²) in [6.45, 7) is 4.80. The second-order valence-corrected chi connectivity index (χ2v) is 11.2. The van der Waals surface area contributed by atoms with E-state index in [4.69, 9.17) is 14.5 Å². The van der Waals surface area contributed by atoms with Crippen molar-refractivity contribution in [2.45, 2.75) is 32.4 Å². The molecule has 0 spiro atoms. The molecule has 37 heavy (non-hydrogen) atoms. The number of imidazole rings is 1. The Morgan fingerprint density at radius 2 is 2.00 bits per heavy atom. The van der Waals surface area contributed by atoms with Crippen molar-refractivity contribution in [3.8, 4) is 17.4 Å². The lowest BCUT2D eigenvalue weighted by atomic mass is 10.1. The molecular formula is C24H29N7O5S. The molecule has 0 bridgehead atoms. The van der Waals surface area contributed by atoms with E-state index in [-0.39, 0.29) is 31.7 Å². The SMILES string of the molecule is Cc1cc(N2CCN(S(C)(=O)=O)CC2CC(=O)NC(C)c2ccc3c(c2)OCO3)nc(-n2ccnc2)n1. The molecule has 2 aliphatic heterocycles. The van der Waals surface area contributed by atoms with Crippen LogP contribution in [0, 0.1) is 6.92 Å². The Kier molecular flexibility index (Phi) is 6.73. The molecule has 2 unspecified atom stereocenters. The molecule has 1 amide bonds. The smallest absolute Gasteiger partial charge is 0.237 e. The van der Waals surface area contributed by atoms with Crippen molar-refractivity contribution in [2.24, 2.45) is 0 Å². The number of piperazine rings is 1. The van der Waals surface area contributed by atoms with Gasteiger partial charge in [-0.25, -0.2) is 18.4 Å². The van der Waals surface area contributed by atoms with Gasteiger partial charge in [0.2, 0.25) is 28.7 Å². The predicted molar refractivity (Wildman–Crippen MR) is 135 cm³/mol. The van der Waals surface area contributed by atoms with E-state index in [1.54, 1.807) is 23.3 Å². The fraction of sp³-hybridized carbons (Fsp3) is 0.417. The standard InChI is InChI=1S/C24H29N7O5S/c1-16-10-22(28-24(26-16)29-7-6-25-14-29)31-9-8-30(37(3,33)34)13-19(31)12-23(32)27-17(2)18-4-5-20-21(11-18)36-15-35-20/h4-7,10-11,14,17,19H,8-9,12-13,15H2,1-3H3,(H,27,32). The first-order chi connectivity index (χ1) is 17.7. The lowest BCUT2D eigenvalue weighted by Gasteiger charge is -2.41. The van der Waals surface area contributed by atoms with Crippen molar-refractivity contribution >= 4 is 21.7 Å². The summed E-state index contributed by atoms with van der Waals surface area (Å²) in [5.74, 6) is 2.21. The molecule has 5 rings (SSSR count). The molecule has 2 aliphatic rings. The van der Waals surface area contributed by atoms with Gasteiger partial charge < -0.3 is 19.7 Å². The van der Waals surface area contributed by atoms with Crippen LogP contribution in [0.2, 0.25) is 0 Å². The number of amides is 1. The van der Waals surface area contributed by atoms with Gasteiger partial charge in [-0.1, -0.05) is 6.07 Å². The first-order valence-corrected chi connectivity index (χ1v) is 13.8. The van der Waals surface area contributed by atoms with E-state index in [9.17, 15) is 13.2 Å². The summed E-state index contributed by atoms with van der Waals surface area (Å²) in [5.41, 5.74) is 1.63. The lowest BCUT2D eigenvalue weighted by Crippen LogP contribution is -2.56. The van der Waals surface area contributed by atoms with E-state index < -0.39 is 16.1 Å². The normalized spacial score (nSPS) is 18.6. The average molecular weight is 528 g/mol. The molecule has 1 aromatic carbocycles. The Balaban J connectivity index is 1.36. The van der Waals surface area contributed by atoms with Gasteiger partial charge in [0.15, 0.2) is 11.5 Å². The van der Waals surface area contributed by atoms with Gasteiger partial charge >= 0.3 is 0 Å². The van der Waals surface area contributed by atoms with Gasteiger partial charge in [-0.3, -0.25) is 9.36 Å². The average Bonchev–Trinajstić information content (AvgIpc) is 3.55. The monoisotopic (exact) mass is 527 g/mol. The molecule has 196 valence electrons. The quantitative estimate of drug-likeness (QED) is 0.484. The number of sulfonamides is 1. The summed E-state index contributed by atoms with van der Waals surface area (Å²) in [5, 5.41) is 3.03. The van der Waals surface area contributed by atoms with Crippen molar-refractivity contribution in [3.05, 3.63) is 54.2 Å². The van der Waals surface area contributed by atoms with Gasteiger partial charge in [0.25, 0.3) is 0 Å². The van der Waals surface area contributed by atoms with Crippen LogP contribution in [0.5, 0.6) is 11.5 Å². The molecule has 0 saturated carbocycles. The van der Waals surface area contributed by atoms with Crippen molar-refractivity contribution in [1.29, 1.82) is 0 Å². The minimum atomic E-state index is -3.42. The number of aryl methyl sites for hydroxylation is 1. The van der Waals surface area contributed by atoms with Crippen LogP contribution in [0.4, 0.5) is 5.82 Å². The molecule has 1 N–H and O–H groups in total. The van der Waals surface area contributed by atoms with Crippen LogP contribution in [0.3, 0.4) is 0 Å². The van der Waals surface area contributed by atoms with Crippen LogP contribution < -0.4 is 19.7 Å². The highest BCUT2D eigenvalue weighted by atomic mass is 32.2. The summed E-state index contributed by atoms with van der Waals surface area (Å²) in [6.07, 6.45) is 6.29. The summed E-state index contributed by atoms with van der Waals surface area (Å²) in [6, 6.07) is 6.71. The van der Waals surface area contributed by atoms with Gasteiger partial charge in [-0.15, -0.1) is 0 Å². The Labute approximate surface area is 215 Å². The summed E-state index contributed by atoms with van der Waals surface area (Å²) in [7, 11) is -3.42. The second kappa shape index (κ2) is 9.98. The Hall–Kier alpha value is -3.71. The van der Waals surface area contributed by atoms with Gasteiger partial charge in [-0.05, 0) is 31.5 Å². The Bertz CT molecular complexity index is 1400. The molecule has 2 atom stereocenters. The van der Waals surface area contributed by atoms with Gasteiger partial charge in [-0.2, -0.15) is 9.29 Å². The molecule has 4 heterocycles. The largest absolute Gasteiger partial charge is 0.454 e. The van der Waals surface area contributed by atoms with E-state index in [1.807, 2.05) is 43.0 Å². The van der Waals surface area contributed by atoms with Crippen LogP contribution in [0.1, 0.15) is 30.6 Å². The molecule has 12 nitrogen and oxygen atoms in total. The third kappa shape index (κ3) is 5.52. The van der Waals surface area contributed by atoms with Crippen molar-refractivity contribution in [2.75, 3.05) is 37.6 Å². The Morgan fingerprint density at radius 1 is 1.19 bits per heavy atom. The number of carbonyl (C=O) groups is 1. The van der Waals surface area contributed by atoms with E-state index in [2.05, 4.69) is 15.3 Å². The molecule has 1 fully saturated rings. The van der Waals surface area contributed by atoms with Crippen LogP contribution in [0.25, 0.3) is 5.95 Å². The topological polar surface area (TPSA) is 132 Å². The number of rotatable bonds is 7. The molecule has 0 radical (unpaired) electrons. The Morgan fingerprint density at radius 3 is 2.76 bits per heavy atom. The maximum absolute atomic E-state index is 13.2. The van der Waals surface area contributed by atoms with Crippen molar-refractivity contribution in [1.82, 2.24) is 29.1 Å². The number of fused-ring (bicyclic) bond motifs is 1. The van der Waals surface area contributed by atoms with Gasteiger partial charge in [0.05, 0.1) is 18.3 Å². The maximum atomic E-state index is 13.2. The fourth-order valence-electron chi connectivity index (χ4n) is 4.56. The zero-order valence-electron chi connectivity index (χ0n) is 20.9. The van der Waals surface area contributed by atoms with Crippen LogP contribution in [-0.2, 0) is 14.8 Å². The highest BCUT2D eigenvalue weighted by molar-refractivity contribution is 7.88. The van der Waals surface area contributed by atoms with Crippen LogP contribution in [0.15, 0.2) is 43.0 Å². The second-order valence-electron chi connectivity index (χ2n) is 9.21. The number of hydrogen-bond donors (Lipinski definition) is 1. The van der Waals surface area contributed by atoms with Gasteiger partial charge in [0, 0.05) is 50.2 Å². The third-order valence-corrected chi connectivity index (χ3v) is 7.74. The maximum Gasteiger partial charge on any atom is 0.237 e. The van der Waals surface area contributed by atoms with E-state index in [0.717, 1.165) is 11.3 Å². The van der Waals surface area contributed by atoms with Crippen LogP contribution in [-0.4, -0.2) is 76.9 Å². The minimum absolute atomic E-state index is 0.0877. The zero-order valence-corrected chi connectivity index (χ0v) is 21.7. The highest BCUT2D eigenvalue weighted by Gasteiger charge is 2.34. The number of nitrogens with one attached hydrogen (secondary N) is 1. The number of carbonyl (C=O) groups excluding carboxylic acids is 1. The zero-order chi connectivity index (χ0) is 26.2. The first kappa shape index (κ1) is 25.0.